The van der Waals surface area contributed by atoms with Crippen molar-refractivity contribution in [3.63, 3.8) is 0 Å². The van der Waals surface area contributed by atoms with E-state index >= 15 is 0 Å². The standard InChI is InChI=1S/C13H19NO3/c1-2-16-13(10-14-8-9-17-13)11-15-12-6-4-3-5-7-12/h3-7,14H,2,8-11H2,1H3. The molecule has 1 aliphatic heterocycles. The Hall–Kier alpha value is -1.10. The van der Waals surface area contributed by atoms with Gasteiger partial charge in [-0.2, -0.15) is 0 Å². The number of ether oxygens (including phenoxy) is 3. The first kappa shape index (κ1) is 12.4. The van der Waals surface area contributed by atoms with E-state index < -0.39 is 5.79 Å². The van der Waals surface area contributed by atoms with Crippen LogP contribution >= 0.6 is 0 Å². The van der Waals surface area contributed by atoms with Crippen molar-refractivity contribution >= 4 is 0 Å². The third-order valence-corrected chi connectivity index (χ3v) is 2.65. The fraction of sp³-hybridized carbons (Fsp3) is 0.538. The first-order chi connectivity index (χ1) is 8.35. The lowest BCUT2D eigenvalue weighted by Gasteiger charge is -2.36. The van der Waals surface area contributed by atoms with Gasteiger partial charge in [0.2, 0.25) is 5.79 Å². The van der Waals surface area contributed by atoms with Gasteiger partial charge in [-0.15, -0.1) is 0 Å². The van der Waals surface area contributed by atoms with Crippen molar-refractivity contribution < 1.29 is 14.2 Å². The van der Waals surface area contributed by atoms with E-state index in [-0.39, 0.29) is 0 Å². The number of hydrogen-bond acceptors (Lipinski definition) is 4. The molecule has 1 unspecified atom stereocenters. The topological polar surface area (TPSA) is 39.7 Å². The molecule has 0 bridgehead atoms. The van der Waals surface area contributed by atoms with Crippen molar-refractivity contribution in [2.75, 3.05) is 32.9 Å². The zero-order valence-corrected chi connectivity index (χ0v) is 10.1. The van der Waals surface area contributed by atoms with Gasteiger partial charge in [-0.05, 0) is 19.1 Å². The normalized spacial score (nSPS) is 24.5. The Morgan fingerprint density at radius 1 is 1.35 bits per heavy atom. The molecule has 1 heterocycles. The number of benzene rings is 1. The van der Waals surface area contributed by atoms with E-state index in [1.165, 1.54) is 0 Å². The Morgan fingerprint density at radius 2 is 2.18 bits per heavy atom. The zero-order chi connectivity index (χ0) is 12.0. The molecule has 1 fully saturated rings. The quantitative estimate of drug-likeness (QED) is 0.840. The largest absolute Gasteiger partial charge is 0.488 e. The molecule has 0 aliphatic carbocycles. The lowest BCUT2D eigenvalue weighted by molar-refractivity contribution is -0.256. The predicted molar refractivity (Wildman–Crippen MR) is 65.1 cm³/mol. The second kappa shape index (κ2) is 6.00. The summed E-state index contributed by atoms with van der Waals surface area (Å²) in [5.74, 6) is 0.184. The van der Waals surface area contributed by atoms with E-state index in [0.29, 0.717) is 26.4 Å². The van der Waals surface area contributed by atoms with E-state index in [0.717, 1.165) is 12.3 Å². The molecule has 94 valence electrons. The van der Waals surface area contributed by atoms with Gasteiger partial charge < -0.3 is 19.5 Å². The Bertz CT molecular complexity index is 317. The van der Waals surface area contributed by atoms with E-state index in [1.807, 2.05) is 37.3 Å². The molecule has 0 amide bonds. The van der Waals surface area contributed by atoms with Gasteiger partial charge in [-0.3, -0.25) is 0 Å². The van der Waals surface area contributed by atoms with Crippen LogP contribution in [0.5, 0.6) is 5.75 Å². The summed E-state index contributed by atoms with van der Waals surface area (Å²) in [5, 5.41) is 3.27. The Labute approximate surface area is 102 Å². The molecule has 1 N–H and O–H groups in total. The van der Waals surface area contributed by atoms with Gasteiger partial charge in [-0.1, -0.05) is 18.2 Å². The lowest BCUT2D eigenvalue weighted by atomic mass is 10.2. The second-order valence-corrected chi connectivity index (χ2v) is 3.97. The van der Waals surface area contributed by atoms with Crippen LogP contribution in [0.25, 0.3) is 0 Å². The average Bonchev–Trinajstić information content (AvgIpc) is 2.39. The summed E-state index contributed by atoms with van der Waals surface area (Å²) in [6.07, 6.45) is 0. The van der Waals surface area contributed by atoms with Gasteiger partial charge in [0.1, 0.15) is 12.4 Å². The summed E-state index contributed by atoms with van der Waals surface area (Å²) in [5.41, 5.74) is 0. The number of rotatable bonds is 5. The van der Waals surface area contributed by atoms with Crippen LogP contribution in [0.4, 0.5) is 0 Å². The number of para-hydroxylation sites is 1. The molecule has 2 rings (SSSR count). The fourth-order valence-electron chi connectivity index (χ4n) is 1.84. The highest BCUT2D eigenvalue weighted by molar-refractivity contribution is 5.21. The van der Waals surface area contributed by atoms with Crippen LogP contribution in [-0.2, 0) is 9.47 Å². The van der Waals surface area contributed by atoms with Crippen molar-refractivity contribution in [1.82, 2.24) is 5.32 Å². The van der Waals surface area contributed by atoms with Crippen LogP contribution in [0.15, 0.2) is 30.3 Å². The minimum Gasteiger partial charge on any atom is -0.488 e. The molecule has 0 aromatic heterocycles. The van der Waals surface area contributed by atoms with E-state index in [2.05, 4.69) is 5.32 Å². The third kappa shape index (κ3) is 3.43. The van der Waals surface area contributed by atoms with E-state index in [4.69, 9.17) is 14.2 Å². The summed E-state index contributed by atoms with van der Waals surface area (Å²) < 4.78 is 17.1. The van der Waals surface area contributed by atoms with Gasteiger partial charge in [-0.25, -0.2) is 0 Å². The van der Waals surface area contributed by atoms with Crippen molar-refractivity contribution in [3.8, 4) is 5.75 Å². The van der Waals surface area contributed by atoms with Gasteiger partial charge in [0.05, 0.1) is 13.2 Å². The maximum atomic E-state index is 5.72. The molecule has 4 heteroatoms. The van der Waals surface area contributed by atoms with Crippen molar-refractivity contribution in [3.05, 3.63) is 30.3 Å². The zero-order valence-electron chi connectivity index (χ0n) is 10.1. The molecule has 1 atom stereocenters. The number of nitrogens with one attached hydrogen (secondary N) is 1. The van der Waals surface area contributed by atoms with Crippen LogP contribution in [0.2, 0.25) is 0 Å². The smallest absolute Gasteiger partial charge is 0.215 e. The Kier molecular flexibility index (Phi) is 4.36. The first-order valence-electron chi connectivity index (χ1n) is 6.01. The monoisotopic (exact) mass is 237 g/mol. The second-order valence-electron chi connectivity index (χ2n) is 3.97. The molecular formula is C13H19NO3. The maximum absolute atomic E-state index is 5.72. The molecule has 1 aromatic rings. The highest BCUT2D eigenvalue weighted by Gasteiger charge is 2.35. The predicted octanol–water partition coefficient (Wildman–Crippen LogP) is 1.42. The number of hydrogen-bond donors (Lipinski definition) is 1. The van der Waals surface area contributed by atoms with Gasteiger partial charge in [0.25, 0.3) is 0 Å². The van der Waals surface area contributed by atoms with Crippen LogP contribution in [-0.4, -0.2) is 38.7 Å². The highest BCUT2D eigenvalue weighted by atomic mass is 16.7. The lowest BCUT2D eigenvalue weighted by Crippen LogP contribution is -2.55. The Balaban J connectivity index is 1.93. The average molecular weight is 237 g/mol. The summed E-state index contributed by atoms with van der Waals surface area (Å²) in [4.78, 5) is 0. The number of morpholine rings is 1. The molecule has 0 spiro atoms. The molecule has 1 aliphatic rings. The minimum absolute atomic E-state index is 0.401. The summed E-state index contributed by atoms with van der Waals surface area (Å²) in [6.45, 7) is 5.14. The molecular weight excluding hydrogens is 218 g/mol. The minimum atomic E-state index is -0.650. The van der Waals surface area contributed by atoms with Crippen LogP contribution in [0.1, 0.15) is 6.92 Å². The molecule has 0 saturated carbocycles. The van der Waals surface area contributed by atoms with Crippen LogP contribution < -0.4 is 10.1 Å². The molecule has 4 nitrogen and oxygen atoms in total. The van der Waals surface area contributed by atoms with E-state index in [9.17, 15) is 0 Å². The van der Waals surface area contributed by atoms with Crippen molar-refractivity contribution in [2.45, 2.75) is 12.7 Å². The van der Waals surface area contributed by atoms with Crippen LogP contribution in [0.3, 0.4) is 0 Å². The summed E-state index contributed by atoms with van der Waals surface area (Å²) in [6, 6.07) is 9.71. The highest BCUT2D eigenvalue weighted by Crippen LogP contribution is 2.18. The first-order valence-corrected chi connectivity index (χ1v) is 6.01. The summed E-state index contributed by atoms with van der Waals surface area (Å²) in [7, 11) is 0. The van der Waals surface area contributed by atoms with Gasteiger partial charge in [0.15, 0.2) is 0 Å². The maximum Gasteiger partial charge on any atom is 0.215 e. The molecule has 0 radical (unpaired) electrons. The fourth-order valence-corrected chi connectivity index (χ4v) is 1.84. The summed E-state index contributed by atoms with van der Waals surface area (Å²) >= 11 is 0. The SMILES string of the molecule is CCOC1(COc2ccccc2)CNCCO1. The molecule has 1 saturated heterocycles. The van der Waals surface area contributed by atoms with E-state index in [1.54, 1.807) is 0 Å². The molecule has 1 aromatic carbocycles. The Morgan fingerprint density at radius 3 is 2.82 bits per heavy atom. The molecule has 17 heavy (non-hydrogen) atoms. The van der Waals surface area contributed by atoms with Gasteiger partial charge in [0, 0.05) is 13.2 Å². The van der Waals surface area contributed by atoms with Gasteiger partial charge >= 0.3 is 0 Å². The van der Waals surface area contributed by atoms with Crippen molar-refractivity contribution in [2.24, 2.45) is 0 Å². The van der Waals surface area contributed by atoms with Crippen LogP contribution in [0, 0.1) is 0 Å². The van der Waals surface area contributed by atoms with Crippen molar-refractivity contribution in [1.29, 1.82) is 0 Å². The third-order valence-electron chi connectivity index (χ3n) is 2.65.